The number of phenols is 2. The second-order valence-electron chi connectivity index (χ2n) is 4.64. The van der Waals surface area contributed by atoms with Crippen molar-refractivity contribution in [1.29, 1.82) is 0 Å². The zero-order valence-electron chi connectivity index (χ0n) is 10.1. The van der Waals surface area contributed by atoms with Gasteiger partial charge in [0.2, 0.25) is 0 Å². The number of aromatic hydroxyl groups is 2. The summed E-state index contributed by atoms with van der Waals surface area (Å²) in [7, 11) is 0. The number of hydrogen-bond donors (Lipinski definition) is 3. The molecule has 0 aromatic heterocycles. The molecule has 0 aliphatic carbocycles. The summed E-state index contributed by atoms with van der Waals surface area (Å²) < 4.78 is 0. The van der Waals surface area contributed by atoms with Gasteiger partial charge in [0, 0.05) is 6.07 Å². The number of carbonyl (C=O) groups excluding carboxylic acids is 1. The van der Waals surface area contributed by atoms with E-state index in [2.05, 4.69) is 5.32 Å². The van der Waals surface area contributed by atoms with Crippen molar-refractivity contribution in [2.45, 2.75) is 12.5 Å². The quantitative estimate of drug-likeness (QED) is 0.770. The third-order valence-electron chi connectivity index (χ3n) is 3.32. The van der Waals surface area contributed by atoms with E-state index < -0.39 is 0 Å². The predicted octanol–water partition coefficient (Wildman–Crippen LogP) is 2.13. The van der Waals surface area contributed by atoms with Gasteiger partial charge in [0.1, 0.15) is 11.5 Å². The fourth-order valence-electron chi connectivity index (χ4n) is 2.47. The molecule has 4 heteroatoms. The Morgan fingerprint density at radius 3 is 2.58 bits per heavy atom. The number of hydrogen-bond acceptors (Lipinski definition) is 3. The Kier molecular flexibility index (Phi) is 2.63. The van der Waals surface area contributed by atoms with Gasteiger partial charge in [0.25, 0.3) is 5.91 Å². The zero-order valence-corrected chi connectivity index (χ0v) is 10.1. The van der Waals surface area contributed by atoms with E-state index in [1.165, 1.54) is 12.1 Å². The van der Waals surface area contributed by atoms with Crippen LogP contribution in [0.4, 0.5) is 0 Å². The fourth-order valence-corrected chi connectivity index (χ4v) is 2.47. The van der Waals surface area contributed by atoms with E-state index in [1.807, 2.05) is 30.3 Å². The van der Waals surface area contributed by atoms with Crippen LogP contribution >= 0.6 is 0 Å². The number of fused-ring (bicyclic) bond motifs is 1. The van der Waals surface area contributed by atoms with Crippen molar-refractivity contribution in [3.8, 4) is 11.5 Å². The summed E-state index contributed by atoms with van der Waals surface area (Å²) in [5, 5.41) is 22.1. The first-order valence-corrected chi connectivity index (χ1v) is 6.06. The number of amides is 1. The molecule has 2 aromatic rings. The van der Waals surface area contributed by atoms with Crippen molar-refractivity contribution in [1.82, 2.24) is 5.32 Å². The molecule has 4 nitrogen and oxygen atoms in total. The van der Waals surface area contributed by atoms with E-state index in [0.29, 0.717) is 12.0 Å². The molecule has 96 valence electrons. The topological polar surface area (TPSA) is 69.6 Å². The van der Waals surface area contributed by atoms with Crippen LogP contribution in [0.3, 0.4) is 0 Å². The summed E-state index contributed by atoms with van der Waals surface area (Å²) in [6, 6.07) is 12.3. The summed E-state index contributed by atoms with van der Waals surface area (Å²) in [6.07, 6.45) is 0.627. The number of benzene rings is 2. The maximum atomic E-state index is 11.8. The lowest BCUT2D eigenvalue weighted by molar-refractivity contribution is 0.0954. The minimum Gasteiger partial charge on any atom is -0.508 e. The highest BCUT2D eigenvalue weighted by molar-refractivity contribution is 6.01. The summed E-state index contributed by atoms with van der Waals surface area (Å²) in [6.45, 7) is 0. The molecule has 0 fully saturated rings. The lowest BCUT2D eigenvalue weighted by Crippen LogP contribution is -2.20. The largest absolute Gasteiger partial charge is 0.508 e. The van der Waals surface area contributed by atoms with Gasteiger partial charge < -0.3 is 15.5 Å². The maximum absolute atomic E-state index is 11.8. The van der Waals surface area contributed by atoms with Crippen LogP contribution in [0.2, 0.25) is 0 Å². The van der Waals surface area contributed by atoms with E-state index in [4.69, 9.17) is 0 Å². The molecule has 2 aromatic carbocycles. The van der Waals surface area contributed by atoms with Crippen LogP contribution in [0.25, 0.3) is 0 Å². The van der Waals surface area contributed by atoms with Gasteiger partial charge in [-0.25, -0.2) is 0 Å². The standard InChI is InChI=1S/C15H13NO3/c17-10-7-11-12(6-9-4-2-1-3-5-9)16-15(19)14(11)13(18)8-10/h1-5,7-8,12,17-18H,6H2,(H,16,19). The third-order valence-corrected chi connectivity index (χ3v) is 3.32. The lowest BCUT2D eigenvalue weighted by Gasteiger charge is -2.12. The average molecular weight is 255 g/mol. The molecule has 1 aliphatic rings. The first-order valence-electron chi connectivity index (χ1n) is 6.06. The van der Waals surface area contributed by atoms with Crippen LogP contribution in [-0.4, -0.2) is 16.1 Å². The van der Waals surface area contributed by atoms with Gasteiger partial charge in [0.05, 0.1) is 11.6 Å². The summed E-state index contributed by atoms with van der Waals surface area (Å²) >= 11 is 0. The first kappa shape index (κ1) is 11.6. The third kappa shape index (κ3) is 2.01. The average Bonchev–Trinajstić information content (AvgIpc) is 2.67. The van der Waals surface area contributed by atoms with Gasteiger partial charge in [-0.3, -0.25) is 4.79 Å². The van der Waals surface area contributed by atoms with E-state index >= 15 is 0 Å². The van der Waals surface area contributed by atoms with Crippen LogP contribution in [0.15, 0.2) is 42.5 Å². The number of nitrogens with one attached hydrogen (secondary N) is 1. The zero-order chi connectivity index (χ0) is 13.4. The molecule has 3 rings (SSSR count). The molecule has 0 radical (unpaired) electrons. The molecule has 1 atom stereocenters. The van der Waals surface area contributed by atoms with E-state index in [1.54, 1.807) is 0 Å². The number of phenolic OH excluding ortho intramolecular Hbond substituents is 2. The molecule has 3 N–H and O–H groups in total. The van der Waals surface area contributed by atoms with Crippen molar-refractivity contribution in [2.75, 3.05) is 0 Å². The monoisotopic (exact) mass is 255 g/mol. The molecule has 0 saturated carbocycles. The van der Waals surface area contributed by atoms with Gasteiger partial charge in [0.15, 0.2) is 0 Å². The Bertz CT molecular complexity index is 637. The Balaban J connectivity index is 1.98. The van der Waals surface area contributed by atoms with Gasteiger partial charge in [-0.15, -0.1) is 0 Å². The minimum atomic E-state index is -0.298. The minimum absolute atomic E-state index is 0.0363. The summed E-state index contributed by atoms with van der Waals surface area (Å²) in [5.41, 5.74) is 1.99. The van der Waals surface area contributed by atoms with Crippen molar-refractivity contribution in [3.05, 3.63) is 59.2 Å². The van der Waals surface area contributed by atoms with Gasteiger partial charge >= 0.3 is 0 Å². The van der Waals surface area contributed by atoms with Gasteiger partial charge in [-0.2, -0.15) is 0 Å². The van der Waals surface area contributed by atoms with Crippen LogP contribution in [0, 0.1) is 0 Å². The summed E-state index contributed by atoms with van der Waals surface area (Å²) in [5.74, 6) is -0.512. The van der Waals surface area contributed by atoms with E-state index in [9.17, 15) is 15.0 Å². The Labute approximate surface area is 110 Å². The molecule has 19 heavy (non-hydrogen) atoms. The number of rotatable bonds is 2. The molecule has 0 saturated heterocycles. The van der Waals surface area contributed by atoms with Crippen LogP contribution < -0.4 is 5.32 Å². The Morgan fingerprint density at radius 2 is 1.84 bits per heavy atom. The molecule has 1 amide bonds. The number of carbonyl (C=O) groups is 1. The molecular formula is C15H13NO3. The molecule has 1 heterocycles. The second-order valence-corrected chi connectivity index (χ2v) is 4.64. The normalized spacial score (nSPS) is 17.1. The van der Waals surface area contributed by atoms with Crippen molar-refractivity contribution < 1.29 is 15.0 Å². The first-order chi connectivity index (χ1) is 9.15. The molecule has 1 unspecified atom stereocenters. The SMILES string of the molecule is O=C1NC(Cc2ccccc2)c2cc(O)cc(O)c21. The highest BCUT2D eigenvalue weighted by Crippen LogP contribution is 2.36. The van der Waals surface area contributed by atoms with Crippen LogP contribution in [0.5, 0.6) is 11.5 Å². The fraction of sp³-hybridized carbons (Fsp3) is 0.133. The highest BCUT2D eigenvalue weighted by atomic mass is 16.3. The Hall–Kier alpha value is -2.49. The lowest BCUT2D eigenvalue weighted by atomic mass is 9.98. The molecular weight excluding hydrogens is 242 g/mol. The molecule has 0 spiro atoms. The second kappa shape index (κ2) is 4.31. The van der Waals surface area contributed by atoms with Gasteiger partial charge in [-0.1, -0.05) is 30.3 Å². The smallest absolute Gasteiger partial charge is 0.255 e. The molecule has 1 aliphatic heterocycles. The van der Waals surface area contributed by atoms with E-state index in [0.717, 1.165) is 5.56 Å². The predicted molar refractivity (Wildman–Crippen MR) is 70.1 cm³/mol. The Morgan fingerprint density at radius 1 is 1.11 bits per heavy atom. The summed E-state index contributed by atoms with van der Waals surface area (Å²) in [4.78, 5) is 11.8. The molecule has 0 bridgehead atoms. The van der Waals surface area contributed by atoms with Crippen molar-refractivity contribution in [3.63, 3.8) is 0 Å². The maximum Gasteiger partial charge on any atom is 0.255 e. The highest BCUT2D eigenvalue weighted by Gasteiger charge is 2.31. The van der Waals surface area contributed by atoms with Gasteiger partial charge in [-0.05, 0) is 23.6 Å². The van der Waals surface area contributed by atoms with Crippen molar-refractivity contribution in [2.24, 2.45) is 0 Å². The van der Waals surface area contributed by atoms with Crippen LogP contribution in [-0.2, 0) is 6.42 Å². The van der Waals surface area contributed by atoms with Crippen LogP contribution in [0.1, 0.15) is 27.5 Å². The van der Waals surface area contributed by atoms with E-state index in [-0.39, 0.29) is 29.0 Å². The van der Waals surface area contributed by atoms with Crippen molar-refractivity contribution >= 4 is 5.91 Å².